The lowest BCUT2D eigenvalue weighted by molar-refractivity contribution is -0.116. The van der Waals surface area contributed by atoms with E-state index >= 15 is 0 Å². The number of anilines is 1. The molecule has 4 nitrogen and oxygen atoms in total. The highest BCUT2D eigenvalue weighted by Gasteiger charge is 2.23. The Morgan fingerprint density at radius 1 is 1.04 bits per heavy atom. The van der Waals surface area contributed by atoms with Gasteiger partial charge in [-0.2, -0.15) is 0 Å². The van der Waals surface area contributed by atoms with Crippen LogP contribution in [0.5, 0.6) is 0 Å². The zero-order chi connectivity index (χ0) is 19.7. The molecule has 140 valence electrons. The Kier molecular flexibility index (Phi) is 4.79. The normalized spacial score (nSPS) is 12.1. The van der Waals surface area contributed by atoms with E-state index in [-0.39, 0.29) is 17.1 Å². The Morgan fingerprint density at radius 3 is 2.57 bits per heavy atom. The van der Waals surface area contributed by atoms with Crippen LogP contribution < -0.4 is 5.32 Å². The molecule has 0 aliphatic heterocycles. The van der Waals surface area contributed by atoms with E-state index in [1.807, 2.05) is 6.07 Å². The molecule has 0 radical (unpaired) electrons. The summed E-state index contributed by atoms with van der Waals surface area (Å²) in [5.74, 6) is -1.54. The summed E-state index contributed by atoms with van der Waals surface area (Å²) < 4.78 is 29.7. The van der Waals surface area contributed by atoms with Gasteiger partial charge in [0, 0.05) is 11.8 Å². The van der Waals surface area contributed by atoms with Crippen molar-refractivity contribution in [3.05, 3.63) is 90.1 Å². The molecule has 7 heteroatoms. The molecular weight excluding hydrogens is 384 g/mol. The number of fused-ring (bicyclic) bond motifs is 1. The molecule has 4 aromatic rings. The maximum absolute atomic E-state index is 14.4. The van der Waals surface area contributed by atoms with Crippen molar-refractivity contribution < 1.29 is 13.6 Å². The Labute approximate surface area is 164 Å². The highest BCUT2D eigenvalue weighted by atomic mass is 35.5. The van der Waals surface area contributed by atoms with E-state index in [0.717, 1.165) is 18.2 Å². The van der Waals surface area contributed by atoms with Gasteiger partial charge in [0.1, 0.15) is 34.2 Å². The van der Waals surface area contributed by atoms with E-state index in [2.05, 4.69) is 10.3 Å². The first kappa shape index (κ1) is 18.1. The molecule has 0 saturated heterocycles. The first-order valence-corrected chi connectivity index (χ1v) is 8.90. The Bertz CT molecular complexity index is 1160. The van der Waals surface area contributed by atoms with Crippen LogP contribution in [0.3, 0.4) is 0 Å². The molecule has 0 saturated carbocycles. The predicted molar refractivity (Wildman–Crippen MR) is 104 cm³/mol. The Hall–Kier alpha value is -3.25. The van der Waals surface area contributed by atoms with Gasteiger partial charge in [0.25, 0.3) is 0 Å². The first-order valence-electron chi connectivity index (χ1n) is 8.47. The van der Waals surface area contributed by atoms with Crippen molar-refractivity contribution >= 4 is 29.0 Å². The molecule has 2 aromatic heterocycles. The minimum absolute atomic E-state index is 0.0511. The second-order valence-corrected chi connectivity index (χ2v) is 6.56. The Balaban J connectivity index is 1.80. The summed E-state index contributed by atoms with van der Waals surface area (Å²) in [6.45, 7) is 0. The minimum atomic E-state index is -0.958. The number of benzene rings is 2. The second kappa shape index (κ2) is 7.40. The molecule has 0 bridgehead atoms. The molecule has 0 spiro atoms. The number of aromatic nitrogens is 2. The second-order valence-electron chi connectivity index (χ2n) is 6.12. The third-order valence-corrected chi connectivity index (χ3v) is 4.73. The molecule has 1 atom stereocenters. The van der Waals surface area contributed by atoms with Crippen molar-refractivity contribution in [2.24, 2.45) is 0 Å². The molecule has 4 rings (SSSR count). The van der Waals surface area contributed by atoms with Crippen LogP contribution in [0, 0.1) is 11.6 Å². The number of hydrogen-bond donors (Lipinski definition) is 1. The molecule has 2 aromatic carbocycles. The summed E-state index contributed by atoms with van der Waals surface area (Å²) in [7, 11) is 0. The van der Waals surface area contributed by atoms with Crippen molar-refractivity contribution in [3.8, 4) is 11.3 Å². The number of nitrogens with zero attached hydrogens (tertiary/aromatic N) is 2. The fraction of sp³-hybridized carbons (Fsp3) is 0.0476. The van der Waals surface area contributed by atoms with Crippen LogP contribution in [0.2, 0.25) is 0 Å². The average molecular weight is 398 g/mol. The summed E-state index contributed by atoms with van der Waals surface area (Å²) in [5, 5.41) is 1.76. The predicted octanol–water partition coefficient (Wildman–Crippen LogP) is 5.20. The summed E-state index contributed by atoms with van der Waals surface area (Å²) in [6.07, 6.45) is 1.67. The largest absolute Gasteiger partial charge is 0.308 e. The van der Waals surface area contributed by atoms with Gasteiger partial charge in [0.2, 0.25) is 5.91 Å². The number of amides is 1. The molecule has 0 fully saturated rings. The van der Waals surface area contributed by atoms with E-state index in [4.69, 9.17) is 11.6 Å². The van der Waals surface area contributed by atoms with Crippen LogP contribution in [0.15, 0.2) is 72.9 Å². The topological polar surface area (TPSA) is 46.4 Å². The monoisotopic (exact) mass is 397 g/mol. The number of nitrogens with one attached hydrogen (secondary N) is 1. The minimum Gasteiger partial charge on any atom is -0.308 e. The van der Waals surface area contributed by atoms with E-state index in [9.17, 15) is 13.6 Å². The van der Waals surface area contributed by atoms with Crippen LogP contribution in [0.1, 0.15) is 10.9 Å². The van der Waals surface area contributed by atoms with Gasteiger partial charge >= 0.3 is 0 Å². The smallest absolute Gasteiger partial charge is 0.248 e. The van der Waals surface area contributed by atoms with Gasteiger partial charge in [-0.1, -0.05) is 36.4 Å². The summed E-state index contributed by atoms with van der Waals surface area (Å²) in [5.41, 5.74) is 1.16. The van der Waals surface area contributed by atoms with E-state index < -0.39 is 22.9 Å². The summed E-state index contributed by atoms with van der Waals surface area (Å²) >= 11 is 6.30. The van der Waals surface area contributed by atoms with E-state index in [1.165, 1.54) is 0 Å². The van der Waals surface area contributed by atoms with Gasteiger partial charge in [-0.15, -0.1) is 11.6 Å². The molecule has 1 N–H and O–H groups in total. The van der Waals surface area contributed by atoms with Crippen molar-refractivity contribution in [2.75, 3.05) is 5.32 Å². The lowest BCUT2D eigenvalue weighted by atomic mass is 10.1. The summed E-state index contributed by atoms with van der Waals surface area (Å²) in [4.78, 5) is 17.1. The molecule has 28 heavy (non-hydrogen) atoms. The third-order valence-electron chi connectivity index (χ3n) is 4.28. The molecule has 1 amide bonds. The van der Waals surface area contributed by atoms with Gasteiger partial charge in [-0.05, 0) is 35.9 Å². The van der Waals surface area contributed by atoms with Crippen LogP contribution in [-0.2, 0) is 4.79 Å². The van der Waals surface area contributed by atoms with Crippen LogP contribution in [0.25, 0.3) is 16.9 Å². The van der Waals surface area contributed by atoms with Crippen LogP contribution in [0.4, 0.5) is 14.6 Å². The van der Waals surface area contributed by atoms with E-state index in [1.54, 1.807) is 53.1 Å². The number of rotatable bonds is 4. The number of halogens is 3. The van der Waals surface area contributed by atoms with Crippen molar-refractivity contribution in [1.82, 2.24) is 9.38 Å². The highest BCUT2D eigenvalue weighted by Crippen LogP contribution is 2.32. The first-order chi connectivity index (χ1) is 13.5. The molecular formula is C21H14ClF2N3O. The van der Waals surface area contributed by atoms with Crippen molar-refractivity contribution in [1.29, 1.82) is 0 Å². The SMILES string of the molecule is O=C(Nc1c(-c2cc(F)ccc2F)nc2ccccn12)[C@H](Cl)c1ccccc1. The maximum Gasteiger partial charge on any atom is 0.248 e. The molecule has 0 unspecified atom stereocenters. The highest BCUT2D eigenvalue weighted by molar-refractivity contribution is 6.32. The number of carbonyl (C=O) groups excluding carboxylic acids is 1. The van der Waals surface area contributed by atoms with Crippen LogP contribution in [-0.4, -0.2) is 15.3 Å². The summed E-state index contributed by atoms with van der Waals surface area (Å²) in [6, 6.07) is 17.1. The molecule has 0 aliphatic rings. The van der Waals surface area contributed by atoms with Crippen LogP contribution >= 0.6 is 11.6 Å². The zero-order valence-electron chi connectivity index (χ0n) is 14.4. The fourth-order valence-corrected chi connectivity index (χ4v) is 3.14. The van der Waals surface area contributed by atoms with E-state index in [0.29, 0.717) is 11.2 Å². The van der Waals surface area contributed by atoms with Gasteiger partial charge in [0.05, 0.1) is 0 Å². The number of imidazole rings is 1. The quantitative estimate of drug-likeness (QED) is 0.481. The lowest BCUT2D eigenvalue weighted by Gasteiger charge is -2.12. The standard InChI is InChI=1S/C21H14ClF2N3O/c22-18(13-6-2-1-3-7-13)21(28)26-20-19(15-12-14(23)9-10-16(15)24)25-17-8-4-5-11-27(17)20/h1-12,18H,(H,26,28)/t18-/m1/s1. The number of carbonyl (C=O) groups is 1. The van der Waals surface area contributed by atoms with Gasteiger partial charge in [-0.25, -0.2) is 13.8 Å². The fourth-order valence-electron chi connectivity index (χ4n) is 2.94. The van der Waals surface area contributed by atoms with Gasteiger partial charge < -0.3 is 5.32 Å². The number of alkyl halides is 1. The molecule has 0 aliphatic carbocycles. The average Bonchev–Trinajstić information content (AvgIpc) is 3.08. The zero-order valence-corrected chi connectivity index (χ0v) is 15.2. The molecule has 2 heterocycles. The van der Waals surface area contributed by atoms with Crippen molar-refractivity contribution in [2.45, 2.75) is 5.38 Å². The maximum atomic E-state index is 14.4. The Morgan fingerprint density at radius 2 is 1.79 bits per heavy atom. The third kappa shape index (κ3) is 3.34. The number of hydrogen-bond acceptors (Lipinski definition) is 2. The number of pyridine rings is 1. The van der Waals surface area contributed by atoms with Gasteiger partial charge in [-0.3, -0.25) is 9.20 Å². The van der Waals surface area contributed by atoms with Crippen molar-refractivity contribution in [3.63, 3.8) is 0 Å². The lowest BCUT2D eigenvalue weighted by Crippen LogP contribution is -2.19. The van der Waals surface area contributed by atoms with Gasteiger partial charge in [0.15, 0.2) is 0 Å².